The fourth-order valence-corrected chi connectivity index (χ4v) is 6.72. The molecular weight excluding hydrogens is 516 g/mol. The number of piperidine rings is 1. The second kappa shape index (κ2) is 11.5. The number of rotatable bonds is 7. The van der Waals surface area contributed by atoms with Crippen molar-refractivity contribution in [3.8, 4) is 11.4 Å². The molecule has 2 aliphatic rings. The molecule has 0 radical (unpaired) electrons. The Morgan fingerprint density at radius 2 is 1.69 bits per heavy atom. The maximum Gasteiger partial charge on any atom is 0.243 e. The Labute approximate surface area is 230 Å². The summed E-state index contributed by atoms with van der Waals surface area (Å²) >= 11 is 0. The number of benzene rings is 2. The third kappa shape index (κ3) is 6.38. The third-order valence-electron chi connectivity index (χ3n) is 7.63. The van der Waals surface area contributed by atoms with E-state index in [1.54, 1.807) is 25.1 Å². The first-order chi connectivity index (χ1) is 18.7. The molecule has 2 saturated heterocycles. The van der Waals surface area contributed by atoms with E-state index in [1.165, 1.54) is 9.87 Å². The third-order valence-corrected chi connectivity index (χ3v) is 9.67. The van der Waals surface area contributed by atoms with Gasteiger partial charge in [0.2, 0.25) is 27.6 Å². The van der Waals surface area contributed by atoms with Crippen molar-refractivity contribution in [2.24, 2.45) is 5.92 Å². The number of hydrogen-bond acceptors (Lipinski definition) is 8. The zero-order chi connectivity index (χ0) is 27.6. The molecule has 2 fully saturated rings. The lowest BCUT2D eigenvalue weighted by Gasteiger charge is -2.32. The molecule has 11 heteroatoms. The van der Waals surface area contributed by atoms with Crippen molar-refractivity contribution in [1.82, 2.24) is 24.2 Å². The van der Waals surface area contributed by atoms with Gasteiger partial charge in [-0.1, -0.05) is 41.1 Å². The Morgan fingerprint density at radius 3 is 2.38 bits per heavy atom. The van der Waals surface area contributed by atoms with Crippen molar-refractivity contribution in [3.05, 3.63) is 59.5 Å². The van der Waals surface area contributed by atoms with Gasteiger partial charge >= 0.3 is 0 Å². The average molecular weight is 553 g/mol. The van der Waals surface area contributed by atoms with E-state index in [0.717, 1.165) is 18.7 Å². The van der Waals surface area contributed by atoms with Gasteiger partial charge in [-0.2, -0.15) is 9.29 Å². The van der Waals surface area contributed by atoms with Gasteiger partial charge in [-0.25, -0.2) is 8.42 Å². The van der Waals surface area contributed by atoms with E-state index >= 15 is 0 Å². The van der Waals surface area contributed by atoms with Gasteiger partial charge in [0.15, 0.2) is 0 Å². The highest BCUT2D eigenvalue weighted by molar-refractivity contribution is 7.89. The second-order valence-corrected chi connectivity index (χ2v) is 12.5. The van der Waals surface area contributed by atoms with Gasteiger partial charge in [0.05, 0.1) is 11.4 Å². The molecule has 1 N–H and O–H groups in total. The summed E-state index contributed by atoms with van der Waals surface area (Å²) in [6.45, 7) is 8.16. The summed E-state index contributed by atoms with van der Waals surface area (Å²) < 4.78 is 33.6. The Morgan fingerprint density at radius 1 is 1.00 bits per heavy atom. The molecule has 0 unspecified atom stereocenters. The molecule has 10 nitrogen and oxygen atoms in total. The van der Waals surface area contributed by atoms with Crippen molar-refractivity contribution in [3.63, 3.8) is 0 Å². The number of carbonyl (C=O) groups is 1. The van der Waals surface area contributed by atoms with Crippen LogP contribution in [0.2, 0.25) is 0 Å². The van der Waals surface area contributed by atoms with Crippen LogP contribution in [-0.4, -0.2) is 84.9 Å². The maximum atomic E-state index is 13.3. The lowest BCUT2D eigenvalue weighted by molar-refractivity contribution is -0.121. The van der Waals surface area contributed by atoms with Crippen LogP contribution in [0.3, 0.4) is 0 Å². The van der Waals surface area contributed by atoms with Gasteiger partial charge in [-0.15, -0.1) is 0 Å². The van der Waals surface area contributed by atoms with Crippen LogP contribution in [0.25, 0.3) is 11.4 Å². The number of likely N-dealkylation sites (tertiary alicyclic amines) is 1. The van der Waals surface area contributed by atoms with Crippen LogP contribution >= 0.6 is 0 Å². The normalized spacial score (nSPS) is 18.3. The molecule has 5 rings (SSSR count). The molecule has 0 spiro atoms. The van der Waals surface area contributed by atoms with E-state index in [9.17, 15) is 13.2 Å². The minimum Gasteiger partial charge on any atom is -0.338 e. The molecule has 39 heavy (non-hydrogen) atoms. The summed E-state index contributed by atoms with van der Waals surface area (Å²) in [4.78, 5) is 22.2. The number of amides is 1. The number of carbonyl (C=O) groups excluding carboxylic acids is 1. The van der Waals surface area contributed by atoms with Crippen molar-refractivity contribution >= 4 is 21.6 Å². The fraction of sp³-hybridized carbons (Fsp3) is 0.464. The number of anilines is 1. The van der Waals surface area contributed by atoms with Gasteiger partial charge in [0.1, 0.15) is 0 Å². The van der Waals surface area contributed by atoms with Gasteiger partial charge in [0, 0.05) is 43.3 Å². The molecule has 0 bridgehead atoms. The predicted molar refractivity (Wildman–Crippen MR) is 149 cm³/mol. The van der Waals surface area contributed by atoms with Gasteiger partial charge in [0.25, 0.3) is 0 Å². The van der Waals surface area contributed by atoms with Crippen LogP contribution in [0.5, 0.6) is 0 Å². The molecule has 3 heterocycles. The second-order valence-electron chi connectivity index (χ2n) is 10.6. The van der Waals surface area contributed by atoms with Crippen molar-refractivity contribution in [1.29, 1.82) is 0 Å². The number of nitrogens with zero attached hydrogens (tertiary/aromatic N) is 5. The van der Waals surface area contributed by atoms with Gasteiger partial charge < -0.3 is 14.7 Å². The van der Waals surface area contributed by atoms with Crippen LogP contribution in [0.4, 0.5) is 5.69 Å². The number of piperazine rings is 1. The summed E-state index contributed by atoms with van der Waals surface area (Å²) in [7, 11) is -1.64. The number of likely N-dealkylation sites (N-methyl/N-ethyl adjacent to an activating group) is 1. The molecule has 2 aromatic carbocycles. The number of nitrogens with one attached hydrogen (secondary N) is 1. The topological polar surface area (TPSA) is 112 Å². The Kier molecular flexibility index (Phi) is 8.13. The molecule has 1 aromatic heterocycles. The lowest BCUT2D eigenvalue weighted by atomic mass is 9.96. The molecule has 3 aromatic rings. The van der Waals surface area contributed by atoms with E-state index in [4.69, 9.17) is 4.52 Å². The first-order valence-electron chi connectivity index (χ1n) is 13.4. The first-order valence-corrected chi connectivity index (χ1v) is 14.9. The highest BCUT2D eigenvalue weighted by Crippen LogP contribution is 2.26. The molecule has 0 atom stereocenters. The van der Waals surface area contributed by atoms with E-state index in [2.05, 4.69) is 25.3 Å². The van der Waals surface area contributed by atoms with E-state index < -0.39 is 10.0 Å². The highest BCUT2D eigenvalue weighted by Gasteiger charge is 2.30. The van der Waals surface area contributed by atoms with Crippen molar-refractivity contribution in [2.75, 3.05) is 51.6 Å². The number of aryl methyl sites for hydroxylation is 2. The van der Waals surface area contributed by atoms with E-state index in [1.807, 2.05) is 38.2 Å². The summed E-state index contributed by atoms with van der Waals surface area (Å²) in [6.07, 6.45) is 1.40. The Balaban J connectivity index is 1.16. The van der Waals surface area contributed by atoms with E-state index in [-0.39, 0.29) is 16.7 Å². The monoisotopic (exact) mass is 552 g/mol. The molecular formula is C28H36N6O4S. The summed E-state index contributed by atoms with van der Waals surface area (Å²) in [5.74, 6) is 0.903. The van der Waals surface area contributed by atoms with Crippen LogP contribution in [0, 0.1) is 19.8 Å². The maximum absolute atomic E-state index is 13.3. The Bertz CT molecular complexity index is 1410. The van der Waals surface area contributed by atoms with E-state index in [0.29, 0.717) is 68.5 Å². The zero-order valence-corrected chi connectivity index (χ0v) is 23.6. The van der Waals surface area contributed by atoms with Crippen molar-refractivity contribution < 1.29 is 17.7 Å². The standard InChI is InChI=1S/C28H36N6O4S/c1-20-4-7-22(8-5-20)27-30-26(38-31-27)19-33-12-10-23(11-13-33)28(35)29-24-9-6-21(2)25(18-24)39(36,37)34-16-14-32(3)15-17-34/h4-9,18,23H,10-17,19H2,1-3H3,(H,29,35). The number of aromatic nitrogens is 2. The van der Waals surface area contributed by atoms with Crippen LogP contribution in [0.15, 0.2) is 51.9 Å². The predicted octanol–water partition coefficient (Wildman–Crippen LogP) is 3.14. The van der Waals surface area contributed by atoms with Gasteiger partial charge in [-0.3, -0.25) is 9.69 Å². The first kappa shape index (κ1) is 27.4. The number of hydrogen-bond donors (Lipinski definition) is 1. The highest BCUT2D eigenvalue weighted by atomic mass is 32.2. The lowest BCUT2D eigenvalue weighted by Crippen LogP contribution is -2.47. The SMILES string of the molecule is Cc1ccc(-c2noc(CN3CCC(C(=O)Nc4ccc(C)c(S(=O)(=O)N5CCN(C)CC5)c4)CC3)n2)cc1. The summed E-state index contributed by atoms with van der Waals surface area (Å²) in [5, 5.41) is 7.07. The molecule has 208 valence electrons. The summed E-state index contributed by atoms with van der Waals surface area (Å²) in [6, 6.07) is 13.1. The minimum atomic E-state index is -3.63. The average Bonchev–Trinajstić information content (AvgIpc) is 3.39. The minimum absolute atomic E-state index is 0.0825. The largest absolute Gasteiger partial charge is 0.338 e. The van der Waals surface area contributed by atoms with Crippen LogP contribution in [0.1, 0.15) is 29.9 Å². The molecule has 0 aliphatic carbocycles. The molecule has 1 amide bonds. The number of sulfonamides is 1. The summed E-state index contributed by atoms with van der Waals surface area (Å²) in [5.41, 5.74) is 3.27. The molecule has 2 aliphatic heterocycles. The van der Waals surface area contributed by atoms with Crippen LogP contribution < -0.4 is 5.32 Å². The van der Waals surface area contributed by atoms with Gasteiger partial charge in [-0.05, 0) is 64.5 Å². The quantitative estimate of drug-likeness (QED) is 0.476. The Hall–Kier alpha value is -3.12. The molecule has 0 saturated carbocycles. The fourth-order valence-electron chi connectivity index (χ4n) is 5.05. The van der Waals surface area contributed by atoms with Crippen molar-refractivity contribution in [2.45, 2.75) is 38.1 Å². The smallest absolute Gasteiger partial charge is 0.243 e. The van der Waals surface area contributed by atoms with Crippen LogP contribution in [-0.2, 0) is 21.4 Å². The zero-order valence-electron chi connectivity index (χ0n) is 22.8.